The number of amides is 1. The highest BCUT2D eigenvalue weighted by Gasteiger charge is 2.40. The summed E-state index contributed by atoms with van der Waals surface area (Å²) in [7, 11) is -4.05. The molecular weight excluding hydrogens is 396 g/mol. The largest absolute Gasteiger partial charge is 0.321 e. The zero-order valence-corrected chi connectivity index (χ0v) is 17.6. The van der Waals surface area contributed by atoms with E-state index in [1.54, 1.807) is 25.1 Å². The van der Waals surface area contributed by atoms with E-state index < -0.39 is 15.9 Å². The normalized spacial score (nSPS) is 14.9. The van der Waals surface area contributed by atoms with Crippen LogP contribution < -0.4 is 9.62 Å². The molecule has 3 aromatic rings. The van der Waals surface area contributed by atoms with E-state index >= 15 is 0 Å². The van der Waals surface area contributed by atoms with Crippen molar-refractivity contribution in [2.75, 3.05) is 16.2 Å². The van der Waals surface area contributed by atoms with Gasteiger partial charge in [-0.1, -0.05) is 60.7 Å². The lowest BCUT2D eigenvalue weighted by atomic mass is 9.95. The third-order valence-corrected chi connectivity index (χ3v) is 6.99. The van der Waals surface area contributed by atoms with Crippen molar-refractivity contribution in [3.8, 4) is 0 Å². The van der Waals surface area contributed by atoms with Crippen LogP contribution in [-0.2, 0) is 14.8 Å². The van der Waals surface area contributed by atoms with E-state index in [4.69, 9.17) is 0 Å². The van der Waals surface area contributed by atoms with Crippen molar-refractivity contribution in [1.82, 2.24) is 0 Å². The van der Waals surface area contributed by atoms with Gasteiger partial charge in [0.2, 0.25) is 0 Å². The summed E-state index contributed by atoms with van der Waals surface area (Å²) < 4.78 is 28.5. The molecule has 1 heterocycles. The molecule has 0 spiro atoms. The molecular formula is C24H22N2O3S. The van der Waals surface area contributed by atoms with Gasteiger partial charge < -0.3 is 5.32 Å². The molecule has 1 amide bonds. The van der Waals surface area contributed by atoms with E-state index in [1.165, 1.54) is 4.31 Å². The summed E-state index contributed by atoms with van der Waals surface area (Å²) in [6.07, 6.45) is 0. The second-order valence-electron chi connectivity index (χ2n) is 7.08. The standard InChI is InChI=1S/C24H22N2O3S/c1-3-26-21-15-8-7-14-20(21)22(18-11-5-4-6-12-18)23(30(26,28)29)24(27)25-19-13-9-10-17(2)16-19/h4-16H,3H2,1-2H3,(H,25,27). The molecule has 6 heteroatoms. The molecule has 0 atom stereocenters. The highest BCUT2D eigenvalue weighted by atomic mass is 32.2. The van der Waals surface area contributed by atoms with E-state index in [9.17, 15) is 13.2 Å². The minimum atomic E-state index is -4.05. The molecule has 3 aromatic carbocycles. The molecule has 0 saturated heterocycles. The number of aryl methyl sites for hydroxylation is 1. The molecule has 1 aliphatic rings. The predicted molar refractivity (Wildman–Crippen MR) is 121 cm³/mol. The number of rotatable bonds is 4. The van der Waals surface area contributed by atoms with Crippen molar-refractivity contribution in [2.24, 2.45) is 0 Å². The summed E-state index contributed by atoms with van der Waals surface area (Å²) in [4.78, 5) is 13.1. The van der Waals surface area contributed by atoms with Gasteiger partial charge in [0.25, 0.3) is 15.9 Å². The quantitative estimate of drug-likeness (QED) is 0.675. The fourth-order valence-electron chi connectivity index (χ4n) is 3.77. The first-order valence-electron chi connectivity index (χ1n) is 9.73. The number of fused-ring (bicyclic) bond motifs is 1. The van der Waals surface area contributed by atoms with Gasteiger partial charge in [0.1, 0.15) is 0 Å². The molecule has 152 valence electrons. The molecule has 0 aliphatic carbocycles. The minimum Gasteiger partial charge on any atom is -0.321 e. The number of hydrogen-bond donors (Lipinski definition) is 1. The Hall–Kier alpha value is -3.38. The Morgan fingerprint density at radius 1 is 0.933 bits per heavy atom. The first kappa shape index (κ1) is 19.9. The SMILES string of the molecule is CCN1c2ccccc2C(c2ccccc2)=C(C(=O)Nc2cccc(C)c2)S1(=O)=O. The van der Waals surface area contributed by atoms with E-state index in [-0.39, 0.29) is 11.4 Å². The molecule has 4 rings (SSSR count). The van der Waals surface area contributed by atoms with Gasteiger partial charge in [-0.3, -0.25) is 9.10 Å². The molecule has 5 nitrogen and oxygen atoms in total. The topological polar surface area (TPSA) is 66.5 Å². The first-order valence-corrected chi connectivity index (χ1v) is 11.2. The summed E-state index contributed by atoms with van der Waals surface area (Å²) in [5.41, 5.74) is 3.91. The van der Waals surface area contributed by atoms with Crippen LogP contribution in [0.3, 0.4) is 0 Å². The average Bonchev–Trinajstić information content (AvgIpc) is 2.73. The molecule has 1 N–H and O–H groups in total. The van der Waals surface area contributed by atoms with Crippen molar-refractivity contribution in [3.63, 3.8) is 0 Å². The maximum Gasteiger partial charge on any atom is 0.270 e. The van der Waals surface area contributed by atoms with Gasteiger partial charge in [-0.05, 0) is 43.2 Å². The lowest BCUT2D eigenvalue weighted by molar-refractivity contribution is -0.112. The Morgan fingerprint density at radius 2 is 1.63 bits per heavy atom. The smallest absolute Gasteiger partial charge is 0.270 e. The van der Waals surface area contributed by atoms with Crippen LogP contribution in [0.15, 0.2) is 83.8 Å². The lowest BCUT2D eigenvalue weighted by Crippen LogP contribution is -2.39. The Labute approximate surface area is 176 Å². The highest BCUT2D eigenvalue weighted by molar-refractivity contribution is 7.97. The monoisotopic (exact) mass is 418 g/mol. The fraction of sp³-hybridized carbons (Fsp3) is 0.125. The second kappa shape index (κ2) is 7.80. The summed E-state index contributed by atoms with van der Waals surface area (Å²) in [6.45, 7) is 3.90. The number of carbonyl (C=O) groups excluding carboxylic acids is 1. The molecule has 0 fully saturated rings. The summed E-state index contributed by atoms with van der Waals surface area (Å²) in [5, 5.41) is 2.78. The first-order chi connectivity index (χ1) is 14.4. The number of para-hydroxylation sites is 1. The van der Waals surface area contributed by atoms with Gasteiger partial charge in [0.05, 0.1) is 5.69 Å². The molecule has 0 bridgehead atoms. The number of carbonyl (C=O) groups is 1. The van der Waals surface area contributed by atoms with Gasteiger partial charge in [-0.25, -0.2) is 8.42 Å². The van der Waals surface area contributed by atoms with Gasteiger partial charge >= 0.3 is 0 Å². The molecule has 0 radical (unpaired) electrons. The summed E-state index contributed by atoms with van der Waals surface area (Å²) in [6, 6.07) is 23.7. The van der Waals surface area contributed by atoms with Crippen molar-refractivity contribution in [2.45, 2.75) is 13.8 Å². The van der Waals surface area contributed by atoms with Crippen LogP contribution >= 0.6 is 0 Å². The minimum absolute atomic E-state index is 0.225. The molecule has 0 unspecified atom stereocenters. The van der Waals surface area contributed by atoms with E-state index in [0.717, 1.165) is 11.1 Å². The van der Waals surface area contributed by atoms with Crippen molar-refractivity contribution in [3.05, 3.63) is 100 Å². The van der Waals surface area contributed by atoms with Gasteiger partial charge in [-0.2, -0.15) is 0 Å². The van der Waals surface area contributed by atoms with Gasteiger partial charge in [0.15, 0.2) is 4.91 Å². The van der Waals surface area contributed by atoms with Crippen LogP contribution in [0.5, 0.6) is 0 Å². The number of anilines is 2. The molecule has 1 aliphatic heterocycles. The molecule has 0 saturated carbocycles. The van der Waals surface area contributed by atoms with Crippen LogP contribution in [0.1, 0.15) is 23.6 Å². The Bertz CT molecular complexity index is 1250. The van der Waals surface area contributed by atoms with Crippen LogP contribution in [0.2, 0.25) is 0 Å². The third kappa shape index (κ3) is 3.39. The Balaban J connectivity index is 1.98. The fourth-order valence-corrected chi connectivity index (χ4v) is 5.52. The number of hydrogen-bond acceptors (Lipinski definition) is 3. The van der Waals surface area contributed by atoms with Crippen molar-refractivity contribution < 1.29 is 13.2 Å². The maximum absolute atomic E-state index is 13.6. The lowest BCUT2D eigenvalue weighted by Gasteiger charge is -2.32. The van der Waals surface area contributed by atoms with E-state index in [1.807, 2.05) is 67.6 Å². The van der Waals surface area contributed by atoms with E-state index in [0.29, 0.717) is 22.5 Å². The van der Waals surface area contributed by atoms with Crippen LogP contribution in [0.4, 0.5) is 11.4 Å². The second-order valence-corrected chi connectivity index (χ2v) is 8.88. The summed E-state index contributed by atoms with van der Waals surface area (Å²) in [5.74, 6) is -0.646. The van der Waals surface area contributed by atoms with Crippen molar-refractivity contribution in [1.29, 1.82) is 0 Å². The Kier molecular flexibility index (Phi) is 5.18. The van der Waals surface area contributed by atoms with Gasteiger partial charge in [-0.15, -0.1) is 0 Å². The van der Waals surface area contributed by atoms with Crippen LogP contribution in [0.25, 0.3) is 5.57 Å². The zero-order valence-electron chi connectivity index (χ0n) is 16.8. The maximum atomic E-state index is 13.6. The summed E-state index contributed by atoms with van der Waals surface area (Å²) >= 11 is 0. The zero-order chi connectivity index (χ0) is 21.3. The van der Waals surface area contributed by atoms with Crippen LogP contribution in [0, 0.1) is 6.92 Å². The number of benzene rings is 3. The average molecular weight is 419 g/mol. The number of nitrogens with one attached hydrogen (secondary N) is 1. The third-order valence-electron chi connectivity index (χ3n) is 5.05. The molecule has 30 heavy (non-hydrogen) atoms. The number of nitrogens with zero attached hydrogens (tertiary/aromatic N) is 1. The Morgan fingerprint density at radius 3 is 2.33 bits per heavy atom. The van der Waals surface area contributed by atoms with Crippen LogP contribution in [-0.4, -0.2) is 20.9 Å². The van der Waals surface area contributed by atoms with Crippen molar-refractivity contribution >= 4 is 32.9 Å². The number of sulfonamides is 1. The highest BCUT2D eigenvalue weighted by Crippen LogP contribution is 2.42. The van der Waals surface area contributed by atoms with E-state index in [2.05, 4.69) is 5.32 Å². The van der Waals surface area contributed by atoms with Gasteiger partial charge in [0, 0.05) is 23.4 Å². The predicted octanol–water partition coefficient (Wildman–Crippen LogP) is 4.56. The molecule has 0 aromatic heterocycles.